The molecule has 130 valence electrons. The van der Waals surface area contributed by atoms with Gasteiger partial charge in [-0.2, -0.15) is 0 Å². The van der Waals surface area contributed by atoms with Crippen LogP contribution in [0.15, 0.2) is 54.6 Å². The molecule has 3 rings (SSSR count). The van der Waals surface area contributed by atoms with Crippen LogP contribution in [0.2, 0.25) is 0 Å². The summed E-state index contributed by atoms with van der Waals surface area (Å²) in [6.45, 7) is 2.16. The first kappa shape index (κ1) is 17.4. The number of hydrogen-bond donors (Lipinski definition) is 2. The van der Waals surface area contributed by atoms with Gasteiger partial charge in [-0.05, 0) is 67.7 Å². The van der Waals surface area contributed by atoms with Gasteiger partial charge in [-0.3, -0.25) is 0 Å². The van der Waals surface area contributed by atoms with Crippen molar-refractivity contribution in [1.29, 1.82) is 0 Å². The summed E-state index contributed by atoms with van der Waals surface area (Å²) >= 11 is 5.47. The van der Waals surface area contributed by atoms with Crippen LogP contribution < -0.4 is 10.6 Å². The van der Waals surface area contributed by atoms with Gasteiger partial charge >= 0.3 is 5.97 Å². The summed E-state index contributed by atoms with van der Waals surface area (Å²) in [5, 5.41) is 7.21. The molecule has 25 heavy (non-hydrogen) atoms. The monoisotopic (exact) mass is 354 g/mol. The van der Waals surface area contributed by atoms with Crippen LogP contribution in [0.25, 0.3) is 0 Å². The maximum Gasteiger partial charge on any atom is 0.338 e. The molecule has 1 aliphatic carbocycles. The summed E-state index contributed by atoms with van der Waals surface area (Å²) in [7, 11) is 0. The first-order valence-electron chi connectivity index (χ1n) is 8.57. The van der Waals surface area contributed by atoms with Gasteiger partial charge in [0.15, 0.2) is 5.11 Å². The summed E-state index contributed by atoms with van der Waals surface area (Å²) in [6.07, 6.45) is 2.45. The fraction of sp³-hybridized carbons (Fsp3) is 0.300. The lowest BCUT2D eigenvalue weighted by atomic mass is 10.0. The smallest absolute Gasteiger partial charge is 0.338 e. The van der Waals surface area contributed by atoms with Gasteiger partial charge in [0.2, 0.25) is 0 Å². The van der Waals surface area contributed by atoms with Crippen molar-refractivity contribution in [3.63, 3.8) is 0 Å². The molecule has 0 spiro atoms. The molecule has 0 aliphatic heterocycles. The van der Waals surface area contributed by atoms with E-state index in [-0.39, 0.29) is 12.0 Å². The Kier molecular flexibility index (Phi) is 5.66. The number of carbonyl (C=O) groups excluding carboxylic acids is 1. The highest BCUT2D eigenvalue weighted by Gasteiger charge is 2.32. The Morgan fingerprint density at radius 2 is 1.84 bits per heavy atom. The Bertz CT molecular complexity index is 727. The van der Waals surface area contributed by atoms with Crippen LogP contribution in [-0.4, -0.2) is 17.7 Å². The number of esters is 1. The van der Waals surface area contributed by atoms with E-state index in [1.165, 1.54) is 18.4 Å². The molecule has 2 N–H and O–H groups in total. The third-order valence-corrected chi connectivity index (χ3v) is 4.41. The normalized spacial score (nSPS) is 14.4. The van der Waals surface area contributed by atoms with E-state index in [2.05, 4.69) is 34.9 Å². The van der Waals surface area contributed by atoms with Crippen molar-refractivity contribution >= 4 is 29.0 Å². The minimum Gasteiger partial charge on any atom is -0.462 e. The second-order valence-corrected chi connectivity index (χ2v) is 6.53. The second kappa shape index (κ2) is 8.12. The van der Waals surface area contributed by atoms with Crippen molar-refractivity contribution in [3.8, 4) is 0 Å². The van der Waals surface area contributed by atoms with Crippen LogP contribution in [0, 0.1) is 5.92 Å². The first-order chi connectivity index (χ1) is 12.2. The van der Waals surface area contributed by atoms with Gasteiger partial charge in [0.1, 0.15) is 0 Å². The molecule has 0 bridgehead atoms. The number of thiocarbonyl (C=S) groups is 1. The molecule has 1 atom stereocenters. The molecule has 0 saturated heterocycles. The summed E-state index contributed by atoms with van der Waals surface area (Å²) in [6, 6.07) is 17.8. The van der Waals surface area contributed by atoms with Gasteiger partial charge < -0.3 is 15.4 Å². The summed E-state index contributed by atoms with van der Waals surface area (Å²) in [5.74, 6) is 0.320. The van der Waals surface area contributed by atoms with E-state index in [1.54, 1.807) is 19.1 Å². The van der Waals surface area contributed by atoms with Crippen LogP contribution >= 0.6 is 12.2 Å². The third-order valence-electron chi connectivity index (χ3n) is 4.19. The lowest BCUT2D eigenvalue weighted by Gasteiger charge is -2.21. The van der Waals surface area contributed by atoms with Crippen LogP contribution in [0.4, 0.5) is 5.69 Å². The zero-order chi connectivity index (χ0) is 17.6. The second-order valence-electron chi connectivity index (χ2n) is 6.12. The van der Waals surface area contributed by atoms with Crippen molar-refractivity contribution < 1.29 is 9.53 Å². The van der Waals surface area contributed by atoms with E-state index in [4.69, 9.17) is 17.0 Å². The van der Waals surface area contributed by atoms with E-state index in [9.17, 15) is 4.79 Å². The molecule has 4 nitrogen and oxygen atoms in total. The van der Waals surface area contributed by atoms with Crippen LogP contribution in [0.3, 0.4) is 0 Å². The molecule has 0 radical (unpaired) electrons. The minimum atomic E-state index is -0.312. The Hall–Kier alpha value is -2.40. The van der Waals surface area contributed by atoms with Crippen molar-refractivity contribution in [2.45, 2.75) is 25.8 Å². The van der Waals surface area contributed by atoms with Crippen LogP contribution in [-0.2, 0) is 4.74 Å². The summed E-state index contributed by atoms with van der Waals surface area (Å²) < 4.78 is 4.99. The molecule has 2 aromatic rings. The van der Waals surface area contributed by atoms with Crippen molar-refractivity contribution in [1.82, 2.24) is 5.32 Å². The number of ether oxygens (including phenoxy) is 1. The molecule has 1 unspecified atom stereocenters. The van der Waals surface area contributed by atoms with E-state index in [0.29, 0.717) is 23.2 Å². The Morgan fingerprint density at radius 3 is 2.44 bits per heavy atom. The standard InChI is InChI=1S/C20H22N2O2S/c1-2-24-19(23)16-10-12-17(13-11-16)21-20(25)22-18(15-8-9-15)14-6-4-3-5-7-14/h3-7,10-13,15,18H,2,8-9H2,1H3,(H2,21,22,25). The summed E-state index contributed by atoms with van der Waals surface area (Å²) in [4.78, 5) is 11.7. The first-order valence-corrected chi connectivity index (χ1v) is 8.98. The topological polar surface area (TPSA) is 50.4 Å². The molecule has 0 heterocycles. The highest BCUT2D eigenvalue weighted by atomic mass is 32.1. The Labute approximate surface area is 153 Å². The van der Waals surface area contributed by atoms with Crippen LogP contribution in [0.1, 0.15) is 41.7 Å². The van der Waals surface area contributed by atoms with Crippen molar-refractivity contribution in [2.24, 2.45) is 5.92 Å². The predicted octanol–water partition coefficient (Wildman–Crippen LogP) is 4.30. The van der Waals surface area contributed by atoms with Gasteiger partial charge in [-0.15, -0.1) is 0 Å². The molecule has 1 saturated carbocycles. The van der Waals surface area contributed by atoms with Gasteiger partial charge in [0, 0.05) is 5.69 Å². The van der Waals surface area contributed by atoms with E-state index >= 15 is 0 Å². The van der Waals surface area contributed by atoms with E-state index < -0.39 is 0 Å². The maximum atomic E-state index is 11.7. The zero-order valence-corrected chi connectivity index (χ0v) is 15.0. The highest BCUT2D eigenvalue weighted by Crippen LogP contribution is 2.40. The van der Waals surface area contributed by atoms with Gasteiger partial charge in [0.05, 0.1) is 18.2 Å². The van der Waals surface area contributed by atoms with E-state index in [0.717, 1.165) is 5.69 Å². The molecule has 2 aromatic carbocycles. The number of rotatable bonds is 6. The fourth-order valence-corrected chi connectivity index (χ4v) is 3.02. The average molecular weight is 354 g/mol. The lowest BCUT2D eigenvalue weighted by molar-refractivity contribution is 0.0526. The number of hydrogen-bond acceptors (Lipinski definition) is 3. The summed E-state index contributed by atoms with van der Waals surface area (Å²) in [5.41, 5.74) is 2.63. The molecule has 1 aliphatic rings. The number of benzene rings is 2. The molecule has 0 aromatic heterocycles. The third kappa shape index (κ3) is 4.79. The molecular weight excluding hydrogens is 332 g/mol. The molecule has 5 heteroatoms. The highest BCUT2D eigenvalue weighted by molar-refractivity contribution is 7.80. The SMILES string of the molecule is CCOC(=O)c1ccc(NC(=S)NC(c2ccccc2)C2CC2)cc1. The van der Waals surface area contributed by atoms with Gasteiger partial charge in [-0.25, -0.2) is 4.79 Å². The fourth-order valence-electron chi connectivity index (χ4n) is 2.78. The number of anilines is 1. The Morgan fingerprint density at radius 1 is 1.16 bits per heavy atom. The Balaban J connectivity index is 1.61. The van der Waals surface area contributed by atoms with E-state index in [1.807, 2.05) is 18.2 Å². The van der Waals surface area contributed by atoms with Crippen LogP contribution in [0.5, 0.6) is 0 Å². The van der Waals surface area contributed by atoms with Gasteiger partial charge in [0.25, 0.3) is 0 Å². The van der Waals surface area contributed by atoms with Crippen molar-refractivity contribution in [2.75, 3.05) is 11.9 Å². The van der Waals surface area contributed by atoms with Crippen molar-refractivity contribution in [3.05, 3.63) is 65.7 Å². The minimum absolute atomic E-state index is 0.236. The molecule has 0 amide bonds. The largest absolute Gasteiger partial charge is 0.462 e. The lowest BCUT2D eigenvalue weighted by Crippen LogP contribution is -2.33. The number of carbonyl (C=O) groups is 1. The zero-order valence-electron chi connectivity index (χ0n) is 14.2. The molecular formula is C20H22N2O2S. The maximum absolute atomic E-state index is 11.7. The number of nitrogens with one attached hydrogen (secondary N) is 2. The van der Waals surface area contributed by atoms with Gasteiger partial charge in [-0.1, -0.05) is 30.3 Å². The quantitative estimate of drug-likeness (QED) is 0.598. The predicted molar refractivity (Wildman–Crippen MR) is 104 cm³/mol. The average Bonchev–Trinajstić information content (AvgIpc) is 3.46. The molecule has 1 fully saturated rings.